The lowest BCUT2D eigenvalue weighted by Crippen LogP contribution is -2.21. The number of hydrogen-bond acceptors (Lipinski definition) is 7. The van der Waals surface area contributed by atoms with E-state index >= 15 is 0 Å². The minimum Gasteiger partial charge on any atom is -0.493 e. The third-order valence-electron chi connectivity index (χ3n) is 4.88. The molecule has 3 aromatic rings. The van der Waals surface area contributed by atoms with Crippen LogP contribution >= 0.6 is 22.6 Å². The summed E-state index contributed by atoms with van der Waals surface area (Å²) in [6.07, 6.45) is 1.22. The summed E-state index contributed by atoms with van der Waals surface area (Å²) in [5, 5.41) is 17.8. The number of methoxy groups -OCH3 is 1. The normalized spacial score (nSPS) is 10.6. The Hall–Kier alpha value is -4.00. The second kappa shape index (κ2) is 12.6. The number of aryl methyl sites for hydroxylation is 1. The van der Waals surface area contributed by atoms with E-state index in [1.807, 2.05) is 53.8 Å². The number of nitro groups is 1. The zero-order valence-electron chi connectivity index (χ0n) is 19.5. The molecule has 0 fully saturated rings. The summed E-state index contributed by atoms with van der Waals surface area (Å²) in [6.45, 7) is 1.75. The lowest BCUT2D eigenvalue weighted by atomic mass is 10.1. The molecule has 11 heteroatoms. The zero-order chi connectivity index (χ0) is 26.1. The molecule has 10 nitrogen and oxygen atoms in total. The molecule has 0 saturated carbocycles. The van der Waals surface area contributed by atoms with E-state index in [2.05, 4.69) is 15.8 Å². The van der Waals surface area contributed by atoms with E-state index in [4.69, 9.17) is 9.47 Å². The second-order valence-electron chi connectivity index (χ2n) is 7.59. The molecule has 186 valence electrons. The van der Waals surface area contributed by atoms with Crippen molar-refractivity contribution in [2.45, 2.75) is 13.3 Å². The smallest absolute Gasteiger partial charge is 0.273 e. The fourth-order valence-corrected chi connectivity index (χ4v) is 3.94. The number of carbonyl (C=O) groups excluding carboxylic acids is 2. The Morgan fingerprint density at radius 2 is 1.83 bits per heavy atom. The Balaban J connectivity index is 1.60. The van der Waals surface area contributed by atoms with Gasteiger partial charge in [-0.25, -0.2) is 5.43 Å². The predicted molar refractivity (Wildman–Crippen MR) is 144 cm³/mol. The van der Waals surface area contributed by atoms with Crippen molar-refractivity contribution in [3.05, 3.63) is 91.0 Å². The average Bonchev–Trinajstić information content (AvgIpc) is 2.84. The number of nitro benzene ring substituents is 1. The van der Waals surface area contributed by atoms with E-state index in [1.54, 1.807) is 18.2 Å². The van der Waals surface area contributed by atoms with Crippen molar-refractivity contribution in [2.75, 3.05) is 19.0 Å². The summed E-state index contributed by atoms with van der Waals surface area (Å²) >= 11 is 2.05. The van der Waals surface area contributed by atoms with Gasteiger partial charge in [-0.1, -0.05) is 35.9 Å². The fourth-order valence-electron chi connectivity index (χ4n) is 3.16. The quantitative estimate of drug-likeness (QED) is 0.155. The largest absolute Gasteiger partial charge is 0.493 e. The van der Waals surface area contributed by atoms with E-state index in [1.165, 1.54) is 31.5 Å². The first kappa shape index (κ1) is 26.6. The average molecular weight is 602 g/mol. The maximum atomic E-state index is 12.3. The summed E-state index contributed by atoms with van der Waals surface area (Å²) in [5.41, 5.74) is 4.90. The highest BCUT2D eigenvalue weighted by Gasteiger charge is 2.16. The molecule has 0 aliphatic heterocycles. The monoisotopic (exact) mass is 602 g/mol. The molecule has 0 unspecified atom stereocenters. The van der Waals surface area contributed by atoms with Crippen LogP contribution in [0, 0.1) is 20.6 Å². The Kier molecular flexibility index (Phi) is 9.33. The number of nitrogens with zero attached hydrogens (tertiary/aromatic N) is 2. The molecular formula is C25H23IN4O6. The van der Waals surface area contributed by atoms with Crippen LogP contribution < -0.4 is 20.2 Å². The van der Waals surface area contributed by atoms with Gasteiger partial charge in [-0.05, 0) is 59.3 Å². The molecule has 2 amide bonds. The van der Waals surface area contributed by atoms with E-state index in [9.17, 15) is 19.7 Å². The Morgan fingerprint density at radius 3 is 2.53 bits per heavy atom. The number of carbonyl (C=O) groups is 2. The second-order valence-corrected chi connectivity index (χ2v) is 8.75. The van der Waals surface area contributed by atoms with Gasteiger partial charge in [-0.15, -0.1) is 0 Å². The van der Waals surface area contributed by atoms with E-state index < -0.39 is 10.8 Å². The van der Waals surface area contributed by atoms with Gasteiger partial charge in [-0.2, -0.15) is 5.10 Å². The van der Waals surface area contributed by atoms with Crippen LogP contribution in [-0.4, -0.2) is 36.7 Å². The van der Waals surface area contributed by atoms with Gasteiger partial charge >= 0.3 is 0 Å². The number of halogens is 1. The summed E-state index contributed by atoms with van der Waals surface area (Å²) in [7, 11) is 1.47. The number of hydrazone groups is 1. The van der Waals surface area contributed by atoms with Gasteiger partial charge < -0.3 is 14.8 Å². The van der Waals surface area contributed by atoms with Crippen LogP contribution in [0.5, 0.6) is 11.5 Å². The fraction of sp³-hybridized carbons (Fsp3) is 0.160. The van der Waals surface area contributed by atoms with Gasteiger partial charge in [-0.3, -0.25) is 19.7 Å². The van der Waals surface area contributed by atoms with Crippen LogP contribution in [-0.2, 0) is 16.0 Å². The first-order valence-electron chi connectivity index (χ1n) is 10.7. The van der Waals surface area contributed by atoms with Gasteiger partial charge in [0.05, 0.1) is 28.2 Å². The number of ether oxygens (including phenoxy) is 2. The Labute approximate surface area is 221 Å². The molecule has 0 spiro atoms. The standard InChI is InChI=1S/C25H23IN4O6/c1-16-7-9-19(10-8-16)28-24(32)15-36-25-20(26)11-17(12-22(25)35-2)14-27-29-23(31)13-18-5-3-4-6-21(18)30(33)34/h3-12,14H,13,15H2,1-2H3,(H,28,32)(H,29,31)/b27-14+. The van der Waals surface area contributed by atoms with E-state index in [0.717, 1.165) is 5.56 Å². The lowest BCUT2D eigenvalue weighted by Gasteiger charge is -2.13. The zero-order valence-corrected chi connectivity index (χ0v) is 21.6. The number of amides is 2. The van der Waals surface area contributed by atoms with Crippen molar-refractivity contribution >= 4 is 52.0 Å². The highest BCUT2D eigenvalue weighted by atomic mass is 127. The number of benzene rings is 3. The Morgan fingerprint density at radius 1 is 1.11 bits per heavy atom. The SMILES string of the molecule is COc1cc(/C=N/NC(=O)Cc2ccccc2[N+](=O)[O-])cc(I)c1OCC(=O)Nc1ccc(C)cc1. The van der Waals surface area contributed by atoms with Crippen LogP contribution in [0.4, 0.5) is 11.4 Å². The number of nitrogens with one attached hydrogen (secondary N) is 2. The third-order valence-corrected chi connectivity index (χ3v) is 5.68. The molecule has 0 aliphatic rings. The lowest BCUT2D eigenvalue weighted by molar-refractivity contribution is -0.385. The van der Waals surface area contributed by atoms with E-state index in [0.29, 0.717) is 31.9 Å². The molecular weight excluding hydrogens is 579 g/mol. The number of para-hydroxylation sites is 1. The van der Waals surface area contributed by atoms with Crippen molar-refractivity contribution in [3.63, 3.8) is 0 Å². The maximum Gasteiger partial charge on any atom is 0.273 e. The third kappa shape index (κ3) is 7.50. The molecule has 36 heavy (non-hydrogen) atoms. The summed E-state index contributed by atoms with van der Waals surface area (Å²) in [5.74, 6) is -0.0297. The van der Waals surface area contributed by atoms with Gasteiger partial charge in [0.2, 0.25) is 5.91 Å². The van der Waals surface area contributed by atoms with Crippen molar-refractivity contribution < 1.29 is 24.0 Å². The highest BCUT2D eigenvalue weighted by molar-refractivity contribution is 14.1. The van der Waals surface area contributed by atoms with Crippen molar-refractivity contribution in [3.8, 4) is 11.5 Å². The summed E-state index contributed by atoms with van der Waals surface area (Å²) < 4.78 is 11.8. The minimum absolute atomic E-state index is 0.126. The summed E-state index contributed by atoms with van der Waals surface area (Å²) in [4.78, 5) is 35.0. The number of rotatable bonds is 10. The molecule has 3 rings (SSSR count). The molecule has 0 saturated heterocycles. The van der Waals surface area contributed by atoms with Crippen LogP contribution in [0.2, 0.25) is 0 Å². The van der Waals surface area contributed by atoms with Crippen molar-refractivity contribution in [2.24, 2.45) is 5.10 Å². The predicted octanol–water partition coefficient (Wildman–Crippen LogP) is 4.23. The molecule has 3 aromatic carbocycles. The summed E-state index contributed by atoms with van der Waals surface area (Å²) in [6, 6.07) is 16.8. The first-order valence-corrected chi connectivity index (χ1v) is 11.8. The van der Waals surface area contributed by atoms with Crippen LogP contribution in [0.1, 0.15) is 16.7 Å². The van der Waals surface area contributed by atoms with Crippen molar-refractivity contribution in [1.29, 1.82) is 0 Å². The molecule has 0 radical (unpaired) electrons. The van der Waals surface area contributed by atoms with E-state index in [-0.39, 0.29) is 24.6 Å². The van der Waals surface area contributed by atoms with Crippen LogP contribution in [0.25, 0.3) is 0 Å². The van der Waals surface area contributed by atoms with Crippen molar-refractivity contribution in [1.82, 2.24) is 5.43 Å². The topological polar surface area (TPSA) is 132 Å². The van der Waals surface area contributed by atoms with Crippen LogP contribution in [0.15, 0.2) is 65.8 Å². The van der Waals surface area contributed by atoms with Gasteiger partial charge in [0.1, 0.15) is 0 Å². The van der Waals surface area contributed by atoms with Gasteiger partial charge in [0.25, 0.3) is 11.6 Å². The first-order chi connectivity index (χ1) is 17.3. The maximum absolute atomic E-state index is 12.3. The number of anilines is 1. The Bertz CT molecular complexity index is 1290. The minimum atomic E-state index is -0.532. The van der Waals surface area contributed by atoms with Gasteiger partial charge in [0, 0.05) is 17.3 Å². The molecule has 0 bridgehead atoms. The molecule has 0 heterocycles. The highest BCUT2D eigenvalue weighted by Crippen LogP contribution is 2.33. The van der Waals surface area contributed by atoms with Gasteiger partial charge in [0.15, 0.2) is 18.1 Å². The molecule has 0 aliphatic carbocycles. The molecule has 2 N–H and O–H groups in total. The molecule has 0 atom stereocenters. The molecule has 0 aromatic heterocycles. The number of hydrogen-bond donors (Lipinski definition) is 2. The van der Waals surface area contributed by atoms with Crippen LogP contribution in [0.3, 0.4) is 0 Å².